The molecule has 0 aliphatic rings. The standard InChI is InChI=1S/C10H13FN2O4/c11-8-7(2-1-3-12-8)9(17)13-10(4-14,5-15)6-16/h1-3,14-16H,4-6H2,(H,13,17). The van der Waals surface area contributed by atoms with Crippen molar-refractivity contribution in [1.82, 2.24) is 10.3 Å². The summed E-state index contributed by atoms with van der Waals surface area (Å²) in [6.45, 7) is -2.02. The SMILES string of the molecule is O=C(NC(CO)(CO)CO)c1cccnc1F. The molecule has 1 rings (SSSR count). The van der Waals surface area contributed by atoms with E-state index in [4.69, 9.17) is 15.3 Å². The van der Waals surface area contributed by atoms with Gasteiger partial charge in [-0.15, -0.1) is 0 Å². The van der Waals surface area contributed by atoms with Crippen LogP contribution in [0.25, 0.3) is 0 Å². The lowest BCUT2D eigenvalue weighted by Gasteiger charge is -2.28. The summed E-state index contributed by atoms with van der Waals surface area (Å²) in [6, 6.07) is 2.57. The van der Waals surface area contributed by atoms with Crippen LogP contribution >= 0.6 is 0 Å². The number of hydrogen-bond donors (Lipinski definition) is 4. The summed E-state index contributed by atoms with van der Waals surface area (Å²) in [5, 5.41) is 29.2. The van der Waals surface area contributed by atoms with Crippen LogP contribution in [0.5, 0.6) is 0 Å². The number of halogens is 1. The van der Waals surface area contributed by atoms with Crippen LogP contribution in [0.15, 0.2) is 18.3 Å². The molecular formula is C10H13FN2O4. The highest BCUT2D eigenvalue weighted by molar-refractivity contribution is 5.94. The number of nitrogens with zero attached hydrogens (tertiary/aromatic N) is 1. The van der Waals surface area contributed by atoms with E-state index in [1.165, 1.54) is 18.3 Å². The Bertz CT molecular complexity index is 387. The highest BCUT2D eigenvalue weighted by Crippen LogP contribution is 2.07. The number of amides is 1. The third-order valence-corrected chi connectivity index (χ3v) is 2.29. The molecule has 0 unspecified atom stereocenters. The van der Waals surface area contributed by atoms with Gasteiger partial charge in [0.05, 0.1) is 25.4 Å². The molecule has 0 saturated heterocycles. The molecule has 94 valence electrons. The Balaban J connectivity index is 2.89. The average Bonchev–Trinajstić information content (AvgIpc) is 2.36. The highest BCUT2D eigenvalue weighted by atomic mass is 19.1. The lowest BCUT2D eigenvalue weighted by Crippen LogP contribution is -2.57. The molecule has 6 nitrogen and oxygen atoms in total. The Hall–Kier alpha value is -1.57. The molecule has 17 heavy (non-hydrogen) atoms. The van der Waals surface area contributed by atoms with Gasteiger partial charge in [-0.05, 0) is 12.1 Å². The third-order valence-electron chi connectivity index (χ3n) is 2.29. The number of carbonyl (C=O) groups is 1. The number of hydrogen-bond acceptors (Lipinski definition) is 5. The van der Waals surface area contributed by atoms with E-state index in [-0.39, 0.29) is 5.56 Å². The lowest BCUT2D eigenvalue weighted by molar-refractivity contribution is 0.0373. The number of aliphatic hydroxyl groups excluding tert-OH is 3. The average molecular weight is 244 g/mol. The minimum Gasteiger partial charge on any atom is -0.394 e. The van der Waals surface area contributed by atoms with Gasteiger partial charge in [0.1, 0.15) is 5.54 Å². The van der Waals surface area contributed by atoms with E-state index in [1.807, 2.05) is 0 Å². The van der Waals surface area contributed by atoms with E-state index in [1.54, 1.807) is 0 Å². The second kappa shape index (κ2) is 5.67. The minimum atomic E-state index is -1.58. The van der Waals surface area contributed by atoms with Gasteiger partial charge in [-0.2, -0.15) is 4.39 Å². The first kappa shape index (κ1) is 13.5. The largest absolute Gasteiger partial charge is 0.394 e. The van der Waals surface area contributed by atoms with E-state index in [9.17, 15) is 9.18 Å². The Morgan fingerprint density at radius 2 is 1.94 bits per heavy atom. The van der Waals surface area contributed by atoms with E-state index in [0.717, 1.165) is 0 Å². The smallest absolute Gasteiger partial charge is 0.256 e. The third kappa shape index (κ3) is 2.96. The fourth-order valence-corrected chi connectivity index (χ4v) is 1.13. The van der Waals surface area contributed by atoms with Gasteiger partial charge in [-0.3, -0.25) is 4.79 Å². The van der Waals surface area contributed by atoms with Crippen LogP contribution in [-0.2, 0) is 0 Å². The van der Waals surface area contributed by atoms with Crippen molar-refractivity contribution < 1.29 is 24.5 Å². The van der Waals surface area contributed by atoms with Gasteiger partial charge in [-0.25, -0.2) is 4.98 Å². The Kier molecular flexibility index (Phi) is 4.50. The van der Waals surface area contributed by atoms with Gasteiger partial charge in [0.15, 0.2) is 0 Å². The van der Waals surface area contributed by atoms with E-state index < -0.39 is 37.2 Å². The zero-order chi connectivity index (χ0) is 12.9. The molecular weight excluding hydrogens is 231 g/mol. The van der Waals surface area contributed by atoms with Gasteiger partial charge >= 0.3 is 0 Å². The molecule has 0 spiro atoms. The number of pyridine rings is 1. The predicted molar refractivity (Wildman–Crippen MR) is 55.6 cm³/mol. The zero-order valence-corrected chi connectivity index (χ0v) is 8.93. The quantitative estimate of drug-likeness (QED) is 0.480. The molecule has 1 heterocycles. The summed E-state index contributed by atoms with van der Waals surface area (Å²) in [5.41, 5.74) is -1.91. The normalized spacial score (nSPS) is 11.3. The molecule has 0 saturated carbocycles. The van der Waals surface area contributed by atoms with Crippen molar-refractivity contribution in [2.75, 3.05) is 19.8 Å². The van der Waals surface area contributed by atoms with Crippen molar-refractivity contribution in [2.45, 2.75) is 5.54 Å². The van der Waals surface area contributed by atoms with Gasteiger partial charge in [0, 0.05) is 6.20 Å². The van der Waals surface area contributed by atoms with Crippen molar-refractivity contribution >= 4 is 5.91 Å². The van der Waals surface area contributed by atoms with Crippen LogP contribution in [0.1, 0.15) is 10.4 Å². The van der Waals surface area contributed by atoms with Crippen molar-refractivity contribution in [2.24, 2.45) is 0 Å². The Morgan fingerprint density at radius 3 is 2.41 bits per heavy atom. The van der Waals surface area contributed by atoms with Crippen LogP contribution in [0.4, 0.5) is 4.39 Å². The van der Waals surface area contributed by atoms with Crippen LogP contribution in [0.2, 0.25) is 0 Å². The van der Waals surface area contributed by atoms with Crippen LogP contribution in [-0.4, -0.2) is 51.6 Å². The second-order valence-electron chi connectivity index (χ2n) is 3.55. The van der Waals surface area contributed by atoms with Crippen LogP contribution in [0.3, 0.4) is 0 Å². The van der Waals surface area contributed by atoms with Crippen LogP contribution in [0, 0.1) is 5.95 Å². The number of nitrogens with one attached hydrogen (secondary N) is 1. The molecule has 0 radical (unpaired) electrons. The molecule has 0 aliphatic heterocycles. The highest BCUT2D eigenvalue weighted by Gasteiger charge is 2.31. The summed E-state index contributed by atoms with van der Waals surface area (Å²) >= 11 is 0. The maximum Gasteiger partial charge on any atom is 0.256 e. The van der Waals surface area contributed by atoms with Gasteiger partial charge in [0.25, 0.3) is 5.91 Å². The predicted octanol–water partition coefficient (Wildman–Crippen LogP) is -1.33. The molecule has 1 amide bonds. The molecule has 0 fully saturated rings. The van der Waals surface area contributed by atoms with E-state index in [0.29, 0.717) is 0 Å². The summed E-state index contributed by atoms with van der Waals surface area (Å²) in [4.78, 5) is 14.9. The molecule has 0 bridgehead atoms. The molecule has 7 heteroatoms. The zero-order valence-electron chi connectivity index (χ0n) is 8.93. The van der Waals surface area contributed by atoms with Crippen molar-refractivity contribution in [3.63, 3.8) is 0 Å². The Labute approximate surface area is 96.7 Å². The topological polar surface area (TPSA) is 103 Å². The summed E-state index contributed by atoms with van der Waals surface area (Å²) in [6.07, 6.45) is 1.18. The van der Waals surface area contributed by atoms with Crippen molar-refractivity contribution in [1.29, 1.82) is 0 Å². The molecule has 0 aliphatic carbocycles. The summed E-state index contributed by atoms with van der Waals surface area (Å²) < 4.78 is 13.2. The van der Waals surface area contributed by atoms with Gasteiger partial charge in [-0.1, -0.05) is 0 Å². The van der Waals surface area contributed by atoms with Gasteiger partial charge < -0.3 is 20.6 Å². The van der Waals surface area contributed by atoms with E-state index >= 15 is 0 Å². The summed E-state index contributed by atoms with van der Waals surface area (Å²) in [5.74, 6) is -1.83. The molecule has 0 atom stereocenters. The monoisotopic (exact) mass is 244 g/mol. The van der Waals surface area contributed by atoms with Crippen molar-refractivity contribution in [3.8, 4) is 0 Å². The number of rotatable bonds is 5. The minimum absolute atomic E-state index is 0.327. The second-order valence-corrected chi connectivity index (χ2v) is 3.55. The fourth-order valence-electron chi connectivity index (χ4n) is 1.13. The molecule has 1 aromatic rings. The van der Waals surface area contributed by atoms with E-state index in [2.05, 4.69) is 10.3 Å². The Morgan fingerprint density at radius 1 is 1.35 bits per heavy atom. The first-order valence-electron chi connectivity index (χ1n) is 4.84. The molecule has 1 aromatic heterocycles. The summed E-state index contributed by atoms with van der Waals surface area (Å²) in [7, 11) is 0. The van der Waals surface area contributed by atoms with Gasteiger partial charge in [0.2, 0.25) is 5.95 Å². The molecule has 4 N–H and O–H groups in total. The first-order valence-corrected chi connectivity index (χ1v) is 4.84. The maximum atomic E-state index is 13.2. The molecule has 0 aromatic carbocycles. The maximum absolute atomic E-state index is 13.2. The number of carbonyl (C=O) groups excluding carboxylic acids is 1. The van der Waals surface area contributed by atoms with Crippen molar-refractivity contribution in [3.05, 3.63) is 29.8 Å². The number of aliphatic hydroxyl groups is 3. The first-order chi connectivity index (χ1) is 8.08. The lowest BCUT2D eigenvalue weighted by atomic mass is 10.0. The fraction of sp³-hybridized carbons (Fsp3) is 0.400. The number of aromatic nitrogens is 1. The van der Waals surface area contributed by atoms with Crippen LogP contribution < -0.4 is 5.32 Å².